The van der Waals surface area contributed by atoms with Crippen LogP contribution in [0.25, 0.3) is 0 Å². The third-order valence-electron chi connectivity index (χ3n) is 4.88. The molecule has 0 saturated carbocycles. The van der Waals surface area contributed by atoms with Crippen LogP contribution in [0.1, 0.15) is 27.0 Å². The number of hydrogen-bond acceptors (Lipinski definition) is 4. The predicted molar refractivity (Wildman–Crippen MR) is 119 cm³/mol. The smallest absolute Gasteiger partial charge is 0.271 e. The Labute approximate surface area is 178 Å². The highest BCUT2D eigenvalue weighted by Crippen LogP contribution is 2.30. The molecule has 0 radical (unpaired) electrons. The van der Waals surface area contributed by atoms with E-state index in [-0.39, 0.29) is 5.91 Å². The summed E-state index contributed by atoms with van der Waals surface area (Å²) in [4.78, 5) is 14.7. The van der Waals surface area contributed by atoms with Gasteiger partial charge < -0.3 is 9.64 Å². The second-order valence-electron chi connectivity index (χ2n) is 6.79. The maximum absolute atomic E-state index is 12.5. The number of anilines is 1. The Bertz CT molecular complexity index is 1050. The molecule has 1 N–H and O–H groups in total. The number of hydrazone groups is 1. The molecule has 3 aromatic rings. The van der Waals surface area contributed by atoms with Crippen LogP contribution in [0.3, 0.4) is 0 Å². The van der Waals surface area contributed by atoms with Crippen LogP contribution in [0, 0.1) is 0 Å². The van der Waals surface area contributed by atoms with Gasteiger partial charge in [0.1, 0.15) is 5.75 Å². The lowest BCUT2D eigenvalue weighted by molar-refractivity contribution is 0.0955. The molecule has 1 aliphatic rings. The fraction of sp³-hybridized carbons (Fsp3) is 0.130. The highest BCUT2D eigenvalue weighted by atomic mass is 79.9. The van der Waals surface area contributed by atoms with Crippen LogP contribution in [-0.2, 0) is 13.1 Å². The van der Waals surface area contributed by atoms with E-state index in [1.165, 1.54) is 5.56 Å². The first kappa shape index (κ1) is 19.2. The van der Waals surface area contributed by atoms with E-state index in [1.54, 1.807) is 13.3 Å². The average Bonchev–Trinajstić information content (AvgIpc) is 3.18. The van der Waals surface area contributed by atoms with Gasteiger partial charge in [-0.15, -0.1) is 0 Å². The predicted octanol–water partition coefficient (Wildman–Crippen LogP) is 4.74. The number of rotatable bonds is 5. The summed E-state index contributed by atoms with van der Waals surface area (Å²) in [5.74, 6) is 0.622. The molecule has 0 fully saturated rings. The highest BCUT2D eigenvalue weighted by molar-refractivity contribution is 9.10. The monoisotopic (exact) mass is 449 g/mol. The first-order valence-electron chi connectivity index (χ1n) is 9.22. The fourth-order valence-electron chi connectivity index (χ4n) is 3.29. The molecule has 4 rings (SSSR count). The number of methoxy groups -OCH3 is 1. The molecule has 6 heteroatoms. The largest absolute Gasteiger partial charge is 0.497 e. The molecule has 5 nitrogen and oxygen atoms in total. The van der Waals surface area contributed by atoms with Crippen LogP contribution in [0.4, 0.5) is 5.69 Å². The number of ether oxygens (including phenoxy) is 1. The van der Waals surface area contributed by atoms with E-state index in [2.05, 4.69) is 43.5 Å². The summed E-state index contributed by atoms with van der Waals surface area (Å²) in [5.41, 5.74) is 7.64. The van der Waals surface area contributed by atoms with Crippen molar-refractivity contribution in [1.82, 2.24) is 5.43 Å². The molecular weight excluding hydrogens is 430 g/mol. The van der Waals surface area contributed by atoms with Crippen LogP contribution in [0.2, 0.25) is 0 Å². The van der Waals surface area contributed by atoms with Crippen molar-refractivity contribution in [3.8, 4) is 5.75 Å². The zero-order valence-electron chi connectivity index (χ0n) is 15.9. The maximum Gasteiger partial charge on any atom is 0.271 e. The van der Waals surface area contributed by atoms with Crippen LogP contribution >= 0.6 is 15.9 Å². The van der Waals surface area contributed by atoms with Crippen molar-refractivity contribution < 1.29 is 9.53 Å². The summed E-state index contributed by atoms with van der Waals surface area (Å²) in [7, 11) is 1.66. The van der Waals surface area contributed by atoms with Gasteiger partial charge in [-0.1, -0.05) is 34.1 Å². The van der Waals surface area contributed by atoms with Crippen LogP contribution < -0.4 is 15.1 Å². The minimum atomic E-state index is -0.218. The van der Waals surface area contributed by atoms with Crippen LogP contribution in [0.15, 0.2) is 76.3 Å². The third-order valence-corrected chi connectivity index (χ3v) is 5.41. The Morgan fingerprint density at radius 3 is 2.48 bits per heavy atom. The van der Waals surface area contributed by atoms with E-state index in [4.69, 9.17) is 4.74 Å². The van der Waals surface area contributed by atoms with Crippen LogP contribution in [-0.4, -0.2) is 19.2 Å². The molecule has 0 aliphatic carbocycles. The SMILES string of the molecule is COc1ccc(N2Cc3ccc(C(=O)N/N=C/c4ccc(Br)cc4)cc3C2)cc1. The van der Waals surface area contributed by atoms with E-state index in [1.807, 2.05) is 54.6 Å². The lowest BCUT2D eigenvalue weighted by Gasteiger charge is -2.17. The first-order valence-corrected chi connectivity index (χ1v) is 10.0. The molecule has 1 aliphatic heterocycles. The van der Waals surface area contributed by atoms with Crippen molar-refractivity contribution >= 4 is 33.7 Å². The second kappa shape index (κ2) is 8.49. The molecule has 146 valence electrons. The van der Waals surface area contributed by atoms with Crippen molar-refractivity contribution in [1.29, 1.82) is 0 Å². The van der Waals surface area contributed by atoms with Gasteiger partial charge in [-0.2, -0.15) is 5.10 Å². The molecule has 29 heavy (non-hydrogen) atoms. The number of nitrogens with zero attached hydrogens (tertiary/aromatic N) is 2. The van der Waals surface area contributed by atoms with Gasteiger partial charge in [0, 0.05) is 28.8 Å². The summed E-state index contributed by atoms with van der Waals surface area (Å²) in [6.07, 6.45) is 1.63. The molecule has 0 saturated heterocycles. The molecule has 0 bridgehead atoms. The minimum Gasteiger partial charge on any atom is -0.497 e. The lowest BCUT2D eigenvalue weighted by atomic mass is 10.1. The molecule has 1 heterocycles. The molecule has 1 amide bonds. The number of carbonyl (C=O) groups is 1. The Morgan fingerprint density at radius 1 is 1.03 bits per heavy atom. The topological polar surface area (TPSA) is 53.9 Å². The lowest BCUT2D eigenvalue weighted by Crippen LogP contribution is -2.17. The van der Waals surface area contributed by atoms with Gasteiger partial charge in [0.15, 0.2) is 0 Å². The van der Waals surface area contributed by atoms with Gasteiger partial charge in [-0.3, -0.25) is 4.79 Å². The molecule has 0 spiro atoms. The van der Waals surface area contributed by atoms with Crippen LogP contribution in [0.5, 0.6) is 5.75 Å². The van der Waals surface area contributed by atoms with Gasteiger partial charge in [0.05, 0.1) is 13.3 Å². The number of hydrogen-bond donors (Lipinski definition) is 1. The zero-order valence-corrected chi connectivity index (χ0v) is 17.5. The number of carbonyl (C=O) groups excluding carboxylic acids is 1. The molecule has 0 atom stereocenters. The Hall–Kier alpha value is -3.12. The Kier molecular flexibility index (Phi) is 5.62. The standard InChI is InChI=1S/C23H20BrN3O2/c1-29-22-10-8-21(9-11-22)27-14-18-5-4-17(12-19(18)15-27)23(28)26-25-13-16-2-6-20(24)7-3-16/h2-13H,14-15H2,1H3,(H,26,28)/b25-13+. The summed E-state index contributed by atoms with van der Waals surface area (Å²) >= 11 is 3.39. The normalized spacial score (nSPS) is 12.8. The summed E-state index contributed by atoms with van der Waals surface area (Å²) < 4.78 is 6.23. The number of amides is 1. The number of nitrogens with one attached hydrogen (secondary N) is 1. The van der Waals surface area contributed by atoms with Gasteiger partial charge in [-0.25, -0.2) is 5.43 Å². The molecule has 0 unspecified atom stereocenters. The van der Waals surface area contributed by atoms with Crippen molar-refractivity contribution in [2.24, 2.45) is 5.10 Å². The summed E-state index contributed by atoms with van der Waals surface area (Å²) in [5, 5.41) is 4.06. The fourth-order valence-corrected chi connectivity index (χ4v) is 3.55. The number of halogens is 1. The second-order valence-corrected chi connectivity index (χ2v) is 7.70. The minimum absolute atomic E-state index is 0.218. The van der Waals surface area contributed by atoms with E-state index < -0.39 is 0 Å². The maximum atomic E-state index is 12.5. The van der Waals surface area contributed by atoms with Crippen molar-refractivity contribution in [3.63, 3.8) is 0 Å². The molecular formula is C23H20BrN3O2. The first-order chi connectivity index (χ1) is 14.1. The Balaban J connectivity index is 1.41. The van der Waals surface area contributed by atoms with E-state index in [0.29, 0.717) is 5.56 Å². The van der Waals surface area contributed by atoms with E-state index >= 15 is 0 Å². The Morgan fingerprint density at radius 2 is 1.76 bits per heavy atom. The van der Waals surface area contributed by atoms with Gasteiger partial charge in [0.25, 0.3) is 5.91 Å². The molecule has 3 aromatic carbocycles. The van der Waals surface area contributed by atoms with E-state index in [9.17, 15) is 4.79 Å². The highest BCUT2D eigenvalue weighted by Gasteiger charge is 2.20. The van der Waals surface area contributed by atoms with E-state index in [0.717, 1.165) is 40.1 Å². The van der Waals surface area contributed by atoms with Crippen molar-refractivity contribution in [2.75, 3.05) is 12.0 Å². The summed E-state index contributed by atoms with van der Waals surface area (Å²) in [6.45, 7) is 1.59. The van der Waals surface area contributed by atoms with Crippen molar-refractivity contribution in [2.45, 2.75) is 13.1 Å². The average molecular weight is 450 g/mol. The van der Waals surface area contributed by atoms with Gasteiger partial charge in [0.2, 0.25) is 0 Å². The number of benzene rings is 3. The third kappa shape index (κ3) is 4.49. The summed E-state index contributed by atoms with van der Waals surface area (Å²) in [6, 6.07) is 21.5. The van der Waals surface area contributed by atoms with Gasteiger partial charge >= 0.3 is 0 Å². The quantitative estimate of drug-likeness (QED) is 0.451. The molecule has 0 aromatic heterocycles. The van der Waals surface area contributed by atoms with Crippen molar-refractivity contribution in [3.05, 3.63) is 93.5 Å². The number of fused-ring (bicyclic) bond motifs is 1. The van der Waals surface area contributed by atoms with Gasteiger partial charge in [-0.05, 0) is 65.2 Å². The zero-order chi connectivity index (χ0) is 20.2.